The number of carbonyl (C=O) groups excluding carboxylic acids is 1. The fourth-order valence-corrected chi connectivity index (χ4v) is 4.18. The smallest absolute Gasteiger partial charge is 0.264 e. The van der Waals surface area contributed by atoms with Gasteiger partial charge in [-0.2, -0.15) is 0 Å². The number of rotatable bonds is 5. The van der Waals surface area contributed by atoms with Gasteiger partial charge < -0.3 is 10.1 Å². The van der Waals surface area contributed by atoms with Crippen molar-refractivity contribution >= 4 is 62.1 Å². The highest BCUT2D eigenvalue weighted by atomic mass is 79.9. The van der Waals surface area contributed by atoms with E-state index in [2.05, 4.69) is 26.2 Å². The Labute approximate surface area is 198 Å². The van der Waals surface area contributed by atoms with Gasteiger partial charge in [-0.15, -0.1) is 0 Å². The fourth-order valence-electron chi connectivity index (χ4n) is 2.92. The molecule has 0 radical (unpaired) electrons. The minimum atomic E-state index is -0.189. The molecule has 1 saturated heterocycles. The Balaban J connectivity index is 1.53. The molecule has 0 saturated carbocycles. The molecule has 156 valence electrons. The van der Waals surface area contributed by atoms with Gasteiger partial charge in [-0.05, 0) is 66.2 Å². The van der Waals surface area contributed by atoms with Crippen LogP contribution in [0.4, 0.5) is 5.69 Å². The molecule has 4 nitrogen and oxygen atoms in total. The molecule has 7 heteroatoms. The second kappa shape index (κ2) is 9.73. The molecular weight excluding hydrogens is 496 g/mol. The number of thioether (sulfide) groups is 1. The van der Waals surface area contributed by atoms with Crippen LogP contribution in [0.2, 0.25) is 5.02 Å². The topological polar surface area (TPSA) is 50.7 Å². The number of carbonyl (C=O) groups is 1. The second-order valence-electron chi connectivity index (χ2n) is 6.82. The summed E-state index contributed by atoms with van der Waals surface area (Å²) in [4.78, 5) is 17.6. The summed E-state index contributed by atoms with van der Waals surface area (Å²) in [5, 5.41) is 3.98. The van der Waals surface area contributed by atoms with E-state index in [-0.39, 0.29) is 5.91 Å². The van der Waals surface area contributed by atoms with Crippen molar-refractivity contribution in [3.63, 3.8) is 0 Å². The Morgan fingerprint density at radius 3 is 2.68 bits per heavy atom. The van der Waals surface area contributed by atoms with Crippen molar-refractivity contribution in [2.75, 3.05) is 0 Å². The van der Waals surface area contributed by atoms with Crippen molar-refractivity contribution in [2.45, 2.75) is 13.5 Å². The van der Waals surface area contributed by atoms with Crippen LogP contribution in [0.1, 0.15) is 16.7 Å². The number of hydrogen-bond donors (Lipinski definition) is 1. The van der Waals surface area contributed by atoms with Crippen LogP contribution in [0.3, 0.4) is 0 Å². The number of halogens is 2. The Hall–Kier alpha value is -2.54. The summed E-state index contributed by atoms with van der Waals surface area (Å²) in [6.07, 6.45) is 1.82. The molecule has 0 spiro atoms. The fraction of sp³-hybridized carbons (Fsp3) is 0.0833. The molecule has 0 aromatic heterocycles. The first-order valence-corrected chi connectivity index (χ1v) is 11.5. The Morgan fingerprint density at radius 1 is 1.10 bits per heavy atom. The maximum absolute atomic E-state index is 12.5. The van der Waals surface area contributed by atoms with E-state index in [9.17, 15) is 4.79 Å². The molecule has 1 N–H and O–H groups in total. The number of amidine groups is 1. The average Bonchev–Trinajstić information content (AvgIpc) is 3.10. The van der Waals surface area contributed by atoms with Crippen LogP contribution in [-0.2, 0) is 11.4 Å². The molecule has 1 fully saturated rings. The van der Waals surface area contributed by atoms with E-state index in [0.29, 0.717) is 27.5 Å². The lowest BCUT2D eigenvalue weighted by Gasteiger charge is -2.09. The van der Waals surface area contributed by atoms with Crippen molar-refractivity contribution in [3.8, 4) is 5.75 Å². The second-order valence-corrected chi connectivity index (χ2v) is 9.17. The van der Waals surface area contributed by atoms with Crippen LogP contribution < -0.4 is 10.1 Å². The minimum Gasteiger partial charge on any atom is -0.488 e. The van der Waals surface area contributed by atoms with Gasteiger partial charge in [-0.1, -0.05) is 63.9 Å². The number of nitrogens with one attached hydrogen (secondary N) is 1. The van der Waals surface area contributed by atoms with Gasteiger partial charge in [0, 0.05) is 15.1 Å². The van der Waals surface area contributed by atoms with Crippen LogP contribution >= 0.6 is 39.3 Å². The van der Waals surface area contributed by atoms with Gasteiger partial charge >= 0.3 is 0 Å². The zero-order chi connectivity index (χ0) is 21.8. The number of hydrogen-bond acceptors (Lipinski definition) is 4. The first kappa shape index (κ1) is 21.7. The molecule has 4 rings (SSSR count). The third-order valence-corrected chi connectivity index (χ3v) is 6.47. The standard InChI is InChI=1S/C24H18BrClN2O2S/c1-15-19(26)6-4-7-20(15)27-24-28-23(29)22(31-24)13-17-5-2-3-8-21(17)30-14-16-9-11-18(25)12-10-16/h2-13H,14H2,1H3,(H,27,28,29)/b22-13-. The van der Waals surface area contributed by atoms with Crippen LogP contribution in [0.5, 0.6) is 5.75 Å². The third-order valence-electron chi connectivity index (χ3n) is 4.63. The average molecular weight is 514 g/mol. The number of para-hydroxylation sites is 1. The van der Waals surface area contributed by atoms with Crippen molar-refractivity contribution < 1.29 is 9.53 Å². The molecular formula is C24H18BrClN2O2S. The summed E-state index contributed by atoms with van der Waals surface area (Å²) in [5.41, 5.74) is 3.49. The van der Waals surface area contributed by atoms with Gasteiger partial charge in [-0.25, -0.2) is 4.99 Å². The summed E-state index contributed by atoms with van der Waals surface area (Å²) >= 11 is 10.9. The van der Waals surface area contributed by atoms with E-state index < -0.39 is 0 Å². The highest BCUT2D eigenvalue weighted by molar-refractivity contribution is 9.10. The van der Waals surface area contributed by atoms with Crippen LogP contribution in [-0.4, -0.2) is 11.1 Å². The maximum Gasteiger partial charge on any atom is 0.264 e. The maximum atomic E-state index is 12.5. The number of benzene rings is 3. The number of nitrogens with zero attached hydrogens (tertiary/aromatic N) is 1. The molecule has 31 heavy (non-hydrogen) atoms. The minimum absolute atomic E-state index is 0.189. The Bertz CT molecular complexity index is 1190. The molecule has 1 aliphatic rings. The van der Waals surface area contributed by atoms with Crippen molar-refractivity contribution in [1.82, 2.24) is 5.32 Å². The van der Waals surface area contributed by atoms with Gasteiger partial charge in [0.25, 0.3) is 5.91 Å². The molecule has 0 unspecified atom stereocenters. The lowest BCUT2D eigenvalue weighted by atomic mass is 10.2. The lowest BCUT2D eigenvalue weighted by Crippen LogP contribution is -2.19. The number of aliphatic imine (C=N–C) groups is 1. The predicted octanol–water partition coefficient (Wildman–Crippen LogP) is 6.88. The summed E-state index contributed by atoms with van der Waals surface area (Å²) in [7, 11) is 0. The predicted molar refractivity (Wildman–Crippen MR) is 132 cm³/mol. The van der Waals surface area contributed by atoms with E-state index in [1.165, 1.54) is 11.8 Å². The molecule has 3 aromatic carbocycles. The first-order valence-electron chi connectivity index (χ1n) is 9.50. The number of ether oxygens (including phenoxy) is 1. The highest BCUT2D eigenvalue weighted by Gasteiger charge is 2.24. The van der Waals surface area contributed by atoms with Crippen LogP contribution in [0.15, 0.2) is 81.1 Å². The quantitative estimate of drug-likeness (QED) is 0.378. The van der Waals surface area contributed by atoms with E-state index in [4.69, 9.17) is 16.3 Å². The van der Waals surface area contributed by atoms with E-state index >= 15 is 0 Å². The molecule has 0 aliphatic carbocycles. The Kier molecular flexibility index (Phi) is 6.80. The summed E-state index contributed by atoms with van der Waals surface area (Å²) in [6.45, 7) is 2.34. The van der Waals surface area contributed by atoms with Crippen molar-refractivity contribution in [1.29, 1.82) is 0 Å². The van der Waals surface area contributed by atoms with E-state index in [0.717, 1.165) is 26.9 Å². The van der Waals surface area contributed by atoms with E-state index in [1.807, 2.05) is 79.7 Å². The molecule has 3 aromatic rings. The van der Waals surface area contributed by atoms with E-state index in [1.54, 1.807) is 0 Å². The van der Waals surface area contributed by atoms with Crippen LogP contribution in [0.25, 0.3) is 6.08 Å². The van der Waals surface area contributed by atoms with Crippen molar-refractivity contribution in [2.24, 2.45) is 4.99 Å². The van der Waals surface area contributed by atoms with Gasteiger partial charge in [0.1, 0.15) is 12.4 Å². The first-order chi connectivity index (χ1) is 15.0. The zero-order valence-corrected chi connectivity index (χ0v) is 19.7. The van der Waals surface area contributed by atoms with Gasteiger partial charge in [-0.3, -0.25) is 4.79 Å². The van der Waals surface area contributed by atoms with Crippen molar-refractivity contribution in [3.05, 3.63) is 97.8 Å². The SMILES string of the molecule is Cc1c(Cl)cccc1N=C1NC(=O)/C(=C/c2ccccc2OCc2ccc(Br)cc2)S1. The molecule has 1 aliphatic heterocycles. The molecule has 0 atom stereocenters. The molecule has 1 heterocycles. The third kappa shape index (κ3) is 5.39. The zero-order valence-electron chi connectivity index (χ0n) is 16.6. The number of amides is 1. The summed E-state index contributed by atoms with van der Waals surface area (Å²) in [5.74, 6) is 0.522. The van der Waals surface area contributed by atoms with Crippen LogP contribution in [0, 0.1) is 6.92 Å². The van der Waals surface area contributed by atoms with Gasteiger partial charge in [0.05, 0.1) is 10.6 Å². The molecule has 1 amide bonds. The lowest BCUT2D eigenvalue weighted by molar-refractivity contribution is -0.115. The highest BCUT2D eigenvalue weighted by Crippen LogP contribution is 2.32. The largest absolute Gasteiger partial charge is 0.488 e. The van der Waals surface area contributed by atoms with Gasteiger partial charge in [0.15, 0.2) is 5.17 Å². The molecule has 0 bridgehead atoms. The normalized spacial score (nSPS) is 16.0. The summed E-state index contributed by atoms with van der Waals surface area (Å²) in [6, 6.07) is 21.1. The Morgan fingerprint density at radius 2 is 1.87 bits per heavy atom. The monoisotopic (exact) mass is 512 g/mol. The van der Waals surface area contributed by atoms with Gasteiger partial charge in [0.2, 0.25) is 0 Å². The summed E-state index contributed by atoms with van der Waals surface area (Å²) < 4.78 is 7.04.